The van der Waals surface area contributed by atoms with Crippen LogP contribution >= 0.6 is 22.6 Å². The third-order valence-electron chi connectivity index (χ3n) is 3.45. The highest BCUT2D eigenvalue weighted by Gasteiger charge is 2.26. The van der Waals surface area contributed by atoms with Gasteiger partial charge in [0.25, 0.3) is 0 Å². The van der Waals surface area contributed by atoms with Crippen LogP contribution in [-0.4, -0.2) is 60.0 Å². The maximum absolute atomic E-state index is 4.72. The molecule has 0 aliphatic carbocycles. The molecule has 1 aliphatic heterocycles. The number of anilines is 1. The van der Waals surface area contributed by atoms with E-state index in [1.807, 2.05) is 6.20 Å². The molecule has 0 aromatic carbocycles. The second kappa shape index (κ2) is 6.81. The highest BCUT2D eigenvalue weighted by molar-refractivity contribution is 14.1. The summed E-state index contributed by atoms with van der Waals surface area (Å²) < 4.78 is 1.08. The van der Waals surface area contributed by atoms with Gasteiger partial charge in [0, 0.05) is 32.4 Å². The van der Waals surface area contributed by atoms with Gasteiger partial charge in [-0.05, 0) is 43.1 Å². The van der Waals surface area contributed by atoms with Crippen LogP contribution in [0.25, 0.3) is 0 Å². The molecule has 2 heterocycles. The minimum absolute atomic E-state index is 0.290. The molecule has 1 aliphatic rings. The van der Waals surface area contributed by atoms with Gasteiger partial charge in [0.15, 0.2) is 0 Å². The topological polar surface area (TPSA) is 44.3 Å². The standard InChI is InChI=1S/C13H22IN5/c1-4-5-15-12-10(14)8-16-13(17-12)11-9-18(2)6-7-19(11)3/h8,11H,4-7,9H2,1-3H3,(H,15,16,17). The van der Waals surface area contributed by atoms with E-state index in [0.717, 1.165) is 47.8 Å². The van der Waals surface area contributed by atoms with Gasteiger partial charge in [-0.15, -0.1) is 0 Å². The van der Waals surface area contributed by atoms with E-state index in [1.54, 1.807) is 0 Å². The Bertz CT molecular complexity index is 425. The van der Waals surface area contributed by atoms with Crippen molar-refractivity contribution >= 4 is 28.4 Å². The smallest absolute Gasteiger partial charge is 0.149 e. The summed E-state index contributed by atoms with van der Waals surface area (Å²) in [5.74, 6) is 1.89. The molecule has 1 N–H and O–H groups in total. The lowest BCUT2D eigenvalue weighted by Gasteiger charge is -2.36. The Balaban J connectivity index is 2.19. The van der Waals surface area contributed by atoms with E-state index >= 15 is 0 Å². The Hall–Kier alpha value is -0.470. The number of hydrogen-bond acceptors (Lipinski definition) is 5. The number of piperazine rings is 1. The Kier molecular flexibility index (Phi) is 5.35. The van der Waals surface area contributed by atoms with Gasteiger partial charge >= 0.3 is 0 Å². The summed E-state index contributed by atoms with van der Waals surface area (Å²) >= 11 is 2.29. The molecule has 0 bridgehead atoms. The molecule has 5 nitrogen and oxygen atoms in total. The van der Waals surface area contributed by atoms with E-state index in [4.69, 9.17) is 4.98 Å². The summed E-state index contributed by atoms with van der Waals surface area (Å²) in [6, 6.07) is 0.290. The number of hydrogen-bond donors (Lipinski definition) is 1. The first-order valence-corrected chi connectivity index (χ1v) is 7.84. The van der Waals surface area contributed by atoms with Gasteiger partial charge in [0.2, 0.25) is 0 Å². The number of rotatable bonds is 4. The molecule has 0 radical (unpaired) electrons. The Morgan fingerprint density at radius 1 is 1.42 bits per heavy atom. The van der Waals surface area contributed by atoms with E-state index in [1.165, 1.54) is 0 Å². The molecule has 1 aromatic rings. The number of halogens is 1. The van der Waals surface area contributed by atoms with Gasteiger partial charge in [-0.1, -0.05) is 6.92 Å². The van der Waals surface area contributed by atoms with Crippen LogP contribution < -0.4 is 5.32 Å². The molecule has 106 valence electrons. The summed E-state index contributed by atoms with van der Waals surface area (Å²) in [4.78, 5) is 13.9. The fraction of sp³-hybridized carbons (Fsp3) is 0.692. The van der Waals surface area contributed by atoms with Crippen molar-refractivity contribution in [1.29, 1.82) is 0 Å². The van der Waals surface area contributed by atoms with E-state index in [0.29, 0.717) is 0 Å². The maximum Gasteiger partial charge on any atom is 0.149 e. The van der Waals surface area contributed by atoms with Gasteiger partial charge < -0.3 is 10.2 Å². The predicted octanol–water partition coefficient (Wildman–Crippen LogP) is 1.82. The van der Waals surface area contributed by atoms with E-state index in [9.17, 15) is 0 Å². The first-order valence-electron chi connectivity index (χ1n) is 6.77. The summed E-state index contributed by atoms with van der Waals surface area (Å²) in [5.41, 5.74) is 0. The van der Waals surface area contributed by atoms with Crippen molar-refractivity contribution in [3.8, 4) is 0 Å². The maximum atomic E-state index is 4.72. The number of nitrogens with zero attached hydrogens (tertiary/aromatic N) is 4. The van der Waals surface area contributed by atoms with Crippen molar-refractivity contribution in [2.24, 2.45) is 0 Å². The van der Waals surface area contributed by atoms with Gasteiger partial charge in [-0.25, -0.2) is 9.97 Å². The average Bonchev–Trinajstić information content (AvgIpc) is 2.41. The van der Waals surface area contributed by atoms with Gasteiger partial charge in [0.1, 0.15) is 11.6 Å². The van der Waals surface area contributed by atoms with Crippen molar-refractivity contribution in [1.82, 2.24) is 19.8 Å². The molecule has 1 aromatic heterocycles. The minimum Gasteiger partial charge on any atom is -0.369 e. The van der Waals surface area contributed by atoms with Crippen LogP contribution in [0.4, 0.5) is 5.82 Å². The molecule has 1 saturated heterocycles. The summed E-state index contributed by atoms with van der Waals surface area (Å²) in [6.45, 7) is 6.27. The van der Waals surface area contributed by atoms with Gasteiger partial charge in [0.05, 0.1) is 9.61 Å². The zero-order chi connectivity index (χ0) is 13.8. The lowest BCUT2D eigenvalue weighted by atomic mass is 10.1. The quantitative estimate of drug-likeness (QED) is 0.814. The van der Waals surface area contributed by atoms with Crippen LogP contribution in [0, 0.1) is 3.57 Å². The lowest BCUT2D eigenvalue weighted by Crippen LogP contribution is -2.45. The first kappa shape index (κ1) is 14.9. The van der Waals surface area contributed by atoms with Crippen LogP contribution in [0.3, 0.4) is 0 Å². The fourth-order valence-electron chi connectivity index (χ4n) is 2.20. The molecule has 6 heteroatoms. The highest BCUT2D eigenvalue weighted by atomic mass is 127. The third kappa shape index (κ3) is 3.76. The van der Waals surface area contributed by atoms with E-state index in [2.05, 4.69) is 63.7 Å². The normalized spacial score (nSPS) is 21.6. The van der Waals surface area contributed by atoms with Crippen molar-refractivity contribution in [2.75, 3.05) is 45.6 Å². The molecule has 0 spiro atoms. The largest absolute Gasteiger partial charge is 0.369 e. The molecular formula is C13H22IN5. The Morgan fingerprint density at radius 3 is 2.95 bits per heavy atom. The molecule has 2 rings (SSSR count). The third-order valence-corrected chi connectivity index (χ3v) is 4.24. The van der Waals surface area contributed by atoms with Crippen LogP contribution in [0.2, 0.25) is 0 Å². The van der Waals surface area contributed by atoms with Crippen LogP contribution in [0.5, 0.6) is 0 Å². The first-order chi connectivity index (χ1) is 9.11. The summed E-state index contributed by atoms with van der Waals surface area (Å²) in [7, 11) is 4.31. The molecule has 1 fully saturated rings. The SMILES string of the molecule is CCCNc1nc(C2CN(C)CCN2C)ncc1I. The van der Waals surface area contributed by atoms with Gasteiger partial charge in [-0.2, -0.15) is 0 Å². The van der Waals surface area contributed by atoms with Crippen molar-refractivity contribution in [2.45, 2.75) is 19.4 Å². The monoisotopic (exact) mass is 375 g/mol. The zero-order valence-electron chi connectivity index (χ0n) is 11.9. The molecule has 1 atom stereocenters. The summed E-state index contributed by atoms with van der Waals surface area (Å²) in [5, 5.41) is 3.38. The Morgan fingerprint density at radius 2 is 2.21 bits per heavy atom. The average molecular weight is 375 g/mol. The molecule has 0 saturated carbocycles. The van der Waals surface area contributed by atoms with Crippen molar-refractivity contribution in [3.05, 3.63) is 15.6 Å². The molecule has 1 unspecified atom stereocenters. The summed E-state index contributed by atoms with van der Waals surface area (Å²) in [6.07, 6.45) is 3.02. The number of likely N-dealkylation sites (N-methyl/N-ethyl adjacent to an activating group) is 2. The minimum atomic E-state index is 0.290. The molecule has 0 amide bonds. The van der Waals surface area contributed by atoms with E-state index in [-0.39, 0.29) is 6.04 Å². The highest BCUT2D eigenvalue weighted by Crippen LogP contribution is 2.23. The van der Waals surface area contributed by atoms with Crippen LogP contribution in [0.15, 0.2) is 6.20 Å². The second-order valence-electron chi connectivity index (χ2n) is 5.11. The fourth-order valence-corrected chi connectivity index (χ4v) is 2.65. The van der Waals surface area contributed by atoms with Crippen molar-refractivity contribution < 1.29 is 0 Å². The number of nitrogens with one attached hydrogen (secondary N) is 1. The molecule has 19 heavy (non-hydrogen) atoms. The van der Waals surface area contributed by atoms with Crippen LogP contribution in [0.1, 0.15) is 25.2 Å². The van der Waals surface area contributed by atoms with Crippen LogP contribution in [-0.2, 0) is 0 Å². The predicted molar refractivity (Wildman–Crippen MR) is 86.4 cm³/mol. The second-order valence-corrected chi connectivity index (χ2v) is 6.27. The lowest BCUT2D eigenvalue weighted by molar-refractivity contribution is 0.109. The van der Waals surface area contributed by atoms with E-state index < -0.39 is 0 Å². The Labute approximate surface area is 128 Å². The molecular weight excluding hydrogens is 353 g/mol. The number of aromatic nitrogens is 2. The van der Waals surface area contributed by atoms with Gasteiger partial charge in [-0.3, -0.25) is 4.90 Å². The van der Waals surface area contributed by atoms with Crippen molar-refractivity contribution in [3.63, 3.8) is 0 Å². The zero-order valence-corrected chi connectivity index (χ0v) is 14.0.